The van der Waals surface area contributed by atoms with Crippen molar-refractivity contribution < 1.29 is 4.52 Å². The fourth-order valence-electron chi connectivity index (χ4n) is 1.70. The van der Waals surface area contributed by atoms with Crippen molar-refractivity contribution in [2.24, 2.45) is 4.99 Å². The normalized spacial score (nSPS) is 11.5. The molecular weight excluding hydrogens is 290 g/mol. The van der Waals surface area contributed by atoms with E-state index in [-0.39, 0.29) is 0 Å². The molecule has 0 amide bonds. The molecule has 0 saturated carbocycles. The molecule has 7 heteroatoms. The second kappa shape index (κ2) is 7.64. The minimum absolute atomic E-state index is 0.426. The summed E-state index contributed by atoms with van der Waals surface area (Å²) in [5.74, 6) is 1.81. The lowest BCUT2D eigenvalue weighted by atomic mass is 10.2. The number of aliphatic imine (C=N–C) groups is 1. The Morgan fingerprint density at radius 3 is 2.81 bits per heavy atom. The van der Waals surface area contributed by atoms with E-state index in [1.807, 2.05) is 31.2 Å². The van der Waals surface area contributed by atoms with E-state index in [0.29, 0.717) is 35.8 Å². The lowest BCUT2D eigenvalue weighted by molar-refractivity contribution is 0.371. The molecule has 1 aromatic heterocycles. The molecular formula is C14H18ClN5O. The molecule has 0 aliphatic heterocycles. The first-order valence-electron chi connectivity index (χ1n) is 6.74. The molecule has 0 radical (unpaired) electrons. The van der Waals surface area contributed by atoms with Gasteiger partial charge in [0.2, 0.25) is 5.89 Å². The van der Waals surface area contributed by atoms with Gasteiger partial charge in [-0.2, -0.15) is 4.98 Å². The maximum atomic E-state index is 6.12. The largest absolute Gasteiger partial charge is 0.357 e. The zero-order valence-corrected chi connectivity index (χ0v) is 12.8. The number of nitrogens with one attached hydrogen (secondary N) is 2. The first-order chi connectivity index (χ1) is 10.2. The number of nitrogens with zero attached hydrogens (tertiary/aromatic N) is 3. The standard InChI is InChI=1S/C14H18ClN5O/c1-3-16-14(18-9-13-19-10(2)20-21-13)17-8-11-6-4-5-7-12(11)15/h4-7H,3,8-9H2,1-2H3,(H2,16,17,18). The van der Waals surface area contributed by atoms with Gasteiger partial charge in [0.15, 0.2) is 11.8 Å². The van der Waals surface area contributed by atoms with Crippen molar-refractivity contribution in [1.82, 2.24) is 20.8 Å². The van der Waals surface area contributed by atoms with E-state index in [9.17, 15) is 0 Å². The predicted molar refractivity (Wildman–Crippen MR) is 82.1 cm³/mol. The van der Waals surface area contributed by atoms with Crippen molar-refractivity contribution >= 4 is 17.6 Å². The molecule has 0 aliphatic rings. The Labute approximate surface area is 128 Å². The first-order valence-corrected chi connectivity index (χ1v) is 7.11. The summed E-state index contributed by atoms with van der Waals surface area (Å²) in [4.78, 5) is 8.62. The van der Waals surface area contributed by atoms with Crippen molar-refractivity contribution in [3.8, 4) is 0 Å². The summed E-state index contributed by atoms with van der Waals surface area (Å²) in [6, 6.07) is 7.65. The van der Waals surface area contributed by atoms with Crippen molar-refractivity contribution in [1.29, 1.82) is 0 Å². The minimum atomic E-state index is 0.426. The van der Waals surface area contributed by atoms with Gasteiger partial charge in [-0.3, -0.25) is 0 Å². The molecule has 0 atom stereocenters. The molecule has 0 fully saturated rings. The van der Waals surface area contributed by atoms with Gasteiger partial charge in [-0.05, 0) is 25.5 Å². The fraction of sp³-hybridized carbons (Fsp3) is 0.357. The summed E-state index contributed by atoms with van der Waals surface area (Å²) in [6.45, 7) is 5.47. The number of aryl methyl sites for hydroxylation is 1. The molecule has 6 nitrogen and oxygen atoms in total. The monoisotopic (exact) mass is 307 g/mol. The van der Waals surface area contributed by atoms with Gasteiger partial charge < -0.3 is 15.2 Å². The molecule has 21 heavy (non-hydrogen) atoms. The van der Waals surface area contributed by atoms with Gasteiger partial charge in [0.1, 0.15) is 0 Å². The molecule has 0 bridgehead atoms. The maximum Gasteiger partial charge on any atom is 0.246 e. The van der Waals surface area contributed by atoms with E-state index in [1.165, 1.54) is 0 Å². The maximum absolute atomic E-state index is 6.12. The van der Waals surface area contributed by atoms with E-state index in [2.05, 4.69) is 25.8 Å². The van der Waals surface area contributed by atoms with Crippen molar-refractivity contribution in [3.05, 3.63) is 46.6 Å². The minimum Gasteiger partial charge on any atom is -0.357 e. The lowest BCUT2D eigenvalue weighted by Gasteiger charge is -2.09. The highest BCUT2D eigenvalue weighted by molar-refractivity contribution is 6.31. The quantitative estimate of drug-likeness (QED) is 0.655. The summed E-state index contributed by atoms with van der Waals surface area (Å²) in [5, 5.41) is 10.7. The van der Waals surface area contributed by atoms with E-state index in [1.54, 1.807) is 6.92 Å². The van der Waals surface area contributed by atoms with Gasteiger partial charge in [0, 0.05) is 11.6 Å². The highest BCUT2D eigenvalue weighted by Crippen LogP contribution is 2.15. The Kier molecular flexibility index (Phi) is 5.57. The lowest BCUT2D eigenvalue weighted by Crippen LogP contribution is -2.36. The number of halogens is 1. The third-order valence-electron chi connectivity index (χ3n) is 2.69. The summed E-state index contributed by atoms with van der Waals surface area (Å²) >= 11 is 6.12. The Bertz CT molecular complexity index is 611. The van der Waals surface area contributed by atoms with Crippen LogP contribution in [0.1, 0.15) is 24.2 Å². The van der Waals surface area contributed by atoms with Crippen LogP contribution in [0, 0.1) is 6.92 Å². The molecule has 0 saturated heterocycles. The van der Waals surface area contributed by atoms with Crippen molar-refractivity contribution in [3.63, 3.8) is 0 Å². The Balaban J connectivity index is 1.97. The molecule has 1 heterocycles. The molecule has 1 aromatic carbocycles. The highest BCUT2D eigenvalue weighted by Gasteiger charge is 2.04. The van der Waals surface area contributed by atoms with Crippen LogP contribution in [0.5, 0.6) is 0 Å². The fourth-order valence-corrected chi connectivity index (χ4v) is 1.90. The van der Waals surface area contributed by atoms with E-state index in [0.717, 1.165) is 12.1 Å². The molecule has 2 aromatic rings. The van der Waals surface area contributed by atoms with Gasteiger partial charge in [-0.1, -0.05) is 35.0 Å². The van der Waals surface area contributed by atoms with Crippen LogP contribution in [0.4, 0.5) is 0 Å². The van der Waals surface area contributed by atoms with Gasteiger partial charge in [-0.15, -0.1) is 0 Å². The highest BCUT2D eigenvalue weighted by atomic mass is 35.5. The van der Waals surface area contributed by atoms with E-state index < -0.39 is 0 Å². The summed E-state index contributed by atoms with van der Waals surface area (Å²) < 4.78 is 5.05. The first kappa shape index (κ1) is 15.3. The SMILES string of the molecule is CCNC(=NCc1ccccc1Cl)NCc1nc(C)no1. The van der Waals surface area contributed by atoms with Gasteiger partial charge >= 0.3 is 0 Å². The van der Waals surface area contributed by atoms with Crippen LogP contribution in [0.2, 0.25) is 5.02 Å². The number of hydrogen-bond donors (Lipinski definition) is 2. The average Bonchev–Trinajstić information content (AvgIpc) is 2.89. The molecule has 2 rings (SSSR count). The topological polar surface area (TPSA) is 75.3 Å². The third-order valence-corrected chi connectivity index (χ3v) is 3.05. The smallest absolute Gasteiger partial charge is 0.246 e. The number of rotatable bonds is 5. The van der Waals surface area contributed by atoms with Crippen LogP contribution < -0.4 is 10.6 Å². The van der Waals surface area contributed by atoms with Crippen molar-refractivity contribution in [2.45, 2.75) is 26.9 Å². The van der Waals surface area contributed by atoms with Crippen molar-refractivity contribution in [2.75, 3.05) is 6.54 Å². The van der Waals surface area contributed by atoms with Crippen LogP contribution in [-0.2, 0) is 13.1 Å². The summed E-state index contributed by atoms with van der Waals surface area (Å²) in [7, 11) is 0. The van der Waals surface area contributed by atoms with Crippen LogP contribution >= 0.6 is 11.6 Å². The van der Waals surface area contributed by atoms with Crippen LogP contribution in [0.25, 0.3) is 0 Å². The molecule has 0 unspecified atom stereocenters. The van der Waals surface area contributed by atoms with Gasteiger partial charge in [0.05, 0.1) is 13.1 Å². The number of guanidine groups is 1. The van der Waals surface area contributed by atoms with Gasteiger partial charge in [-0.25, -0.2) is 4.99 Å². The van der Waals surface area contributed by atoms with Crippen LogP contribution in [0.3, 0.4) is 0 Å². The zero-order chi connectivity index (χ0) is 15.1. The molecule has 2 N–H and O–H groups in total. The predicted octanol–water partition coefficient (Wildman–Crippen LogP) is 2.29. The number of hydrogen-bond acceptors (Lipinski definition) is 4. The van der Waals surface area contributed by atoms with Crippen LogP contribution in [-0.4, -0.2) is 22.6 Å². The van der Waals surface area contributed by atoms with E-state index in [4.69, 9.17) is 16.1 Å². The molecule has 0 spiro atoms. The Morgan fingerprint density at radius 2 is 2.14 bits per heavy atom. The second-order valence-corrected chi connectivity index (χ2v) is 4.78. The Morgan fingerprint density at radius 1 is 1.33 bits per heavy atom. The Hall–Kier alpha value is -2.08. The molecule has 112 valence electrons. The summed E-state index contributed by atoms with van der Waals surface area (Å²) in [6.07, 6.45) is 0. The molecule has 0 aliphatic carbocycles. The van der Waals surface area contributed by atoms with E-state index >= 15 is 0 Å². The number of benzene rings is 1. The van der Waals surface area contributed by atoms with Crippen LogP contribution in [0.15, 0.2) is 33.8 Å². The second-order valence-electron chi connectivity index (χ2n) is 4.38. The average molecular weight is 308 g/mol. The third kappa shape index (κ3) is 4.75. The zero-order valence-electron chi connectivity index (χ0n) is 12.1. The summed E-state index contributed by atoms with van der Waals surface area (Å²) in [5.41, 5.74) is 0.977. The number of aromatic nitrogens is 2. The van der Waals surface area contributed by atoms with Gasteiger partial charge in [0.25, 0.3) is 0 Å².